The van der Waals surface area contributed by atoms with E-state index in [0.29, 0.717) is 0 Å². The van der Waals surface area contributed by atoms with E-state index in [2.05, 4.69) is 4.74 Å². The van der Waals surface area contributed by atoms with Crippen molar-refractivity contribution in [3.05, 3.63) is 29.7 Å². The standard InChI is InChI=1S/C9H8O5/c1-13-8(10)5-3-6-2-4-7(14-6)9(11)12/h2-5H,1H3,(H,11,12). The third kappa shape index (κ3) is 2.48. The van der Waals surface area contributed by atoms with Gasteiger partial charge in [-0.3, -0.25) is 0 Å². The van der Waals surface area contributed by atoms with Gasteiger partial charge in [0.15, 0.2) is 0 Å². The van der Waals surface area contributed by atoms with Gasteiger partial charge in [-0.1, -0.05) is 0 Å². The smallest absolute Gasteiger partial charge is 0.371 e. The molecule has 0 bridgehead atoms. The van der Waals surface area contributed by atoms with Gasteiger partial charge in [0.1, 0.15) is 5.76 Å². The van der Waals surface area contributed by atoms with Crippen LogP contribution in [0.1, 0.15) is 16.3 Å². The summed E-state index contributed by atoms with van der Waals surface area (Å²) in [6.07, 6.45) is 2.47. The zero-order valence-electron chi connectivity index (χ0n) is 7.39. The van der Waals surface area contributed by atoms with Gasteiger partial charge in [0.05, 0.1) is 7.11 Å². The van der Waals surface area contributed by atoms with Gasteiger partial charge in [-0.05, 0) is 18.2 Å². The Balaban J connectivity index is 2.73. The summed E-state index contributed by atoms with van der Waals surface area (Å²) in [5, 5.41) is 8.51. The second kappa shape index (κ2) is 4.27. The van der Waals surface area contributed by atoms with E-state index in [4.69, 9.17) is 9.52 Å². The van der Waals surface area contributed by atoms with Gasteiger partial charge in [-0.2, -0.15) is 0 Å². The van der Waals surface area contributed by atoms with E-state index in [1.165, 1.54) is 25.3 Å². The lowest BCUT2D eigenvalue weighted by atomic mass is 10.4. The van der Waals surface area contributed by atoms with Crippen molar-refractivity contribution in [3.8, 4) is 0 Å². The summed E-state index contributed by atoms with van der Waals surface area (Å²) in [5.41, 5.74) is 0. The second-order valence-electron chi connectivity index (χ2n) is 2.36. The Hall–Kier alpha value is -2.04. The van der Waals surface area contributed by atoms with E-state index in [1.54, 1.807) is 0 Å². The highest BCUT2D eigenvalue weighted by molar-refractivity contribution is 5.87. The van der Waals surface area contributed by atoms with Crippen LogP contribution in [0.15, 0.2) is 22.6 Å². The first-order chi connectivity index (χ1) is 6.63. The molecule has 1 N–H and O–H groups in total. The first-order valence-corrected chi connectivity index (χ1v) is 3.72. The fraction of sp³-hybridized carbons (Fsp3) is 0.111. The molecule has 5 heteroatoms. The van der Waals surface area contributed by atoms with Crippen molar-refractivity contribution in [1.29, 1.82) is 0 Å². The fourth-order valence-electron chi connectivity index (χ4n) is 0.776. The fourth-order valence-corrected chi connectivity index (χ4v) is 0.776. The van der Waals surface area contributed by atoms with Crippen molar-refractivity contribution in [2.45, 2.75) is 0 Å². The molecule has 14 heavy (non-hydrogen) atoms. The first kappa shape index (κ1) is 10.0. The predicted octanol–water partition coefficient (Wildman–Crippen LogP) is 1.16. The zero-order chi connectivity index (χ0) is 10.6. The van der Waals surface area contributed by atoms with Crippen molar-refractivity contribution < 1.29 is 23.8 Å². The van der Waals surface area contributed by atoms with Crippen LogP contribution in [0, 0.1) is 0 Å². The number of methoxy groups -OCH3 is 1. The Bertz CT molecular complexity index is 374. The average Bonchev–Trinajstić information content (AvgIpc) is 2.62. The molecule has 0 fully saturated rings. The number of carbonyl (C=O) groups is 2. The van der Waals surface area contributed by atoms with Crippen LogP contribution >= 0.6 is 0 Å². The molecule has 1 heterocycles. The maximum absolute atomic E-state index is 10.7. The maximum Gasteiger partial charge on any atom is 0.371 e. The van der Waals surface area contributed by atoms with Crippen LogP contribution in [0.2, 0.25) is 0 Å². The lowest BCUT2D eigenvalue weighted by Crippen LogP contribution is -1.93. The quantitative estimate of drug-likeness (QED) is 0.579. The molecule has 1 rings (SSSR count). The van der Waals surface area contributed by atoms with E-state index in [9.17, 15) is 9.59 Å². The molecule has 0 aliphatic rings. The molecular weight excluding hydrogens is 188 g/mol. The highest BCUT2D eigenvalue weighted by atomic mass is 16.5. The molecule has 0 atom stereocenters. The number of rotatable bonds is 3. The Morgan fingerprint density at radius 3 is 2.71 bits per heavy atom. The van der Waals surface area contributed by atoms with Crippen LogP contribution in [0.25, 0.3) is 6.08 Å². The highest BCUT2D eigenvalue weighted by Crippen LogP contribution is 2.09. The summed E-state index contributed by atoms with van der Waals surface area (Å²) < 4.78 is 9.19. The van der Waals surface area contributed by atoms with Crippen molar-refractivity contribution in [2.24, 2.45) is 0 Å². The van der Waals surface area contributed by atoms with Crippen LogP contribution in [-0.4, -0.2) is 24.2 Å². The third-order valence-corrected chi connectivity index (χ3v) is 1.42. The van der Waals surface area contributed by atoms with Gasteiger partial charge in [-0.15, -0.1) is 0 Å². The summed E-state index contributed by atoms with van der Waals surface area (Å²) in [5.74, 6) is -1.57. The van der Waals surface area contributed by atoms with E-state index in [1.807, 2.05) is 0 Å². The maximum atomic E-state index is 10.7. The Morgan fingerprint density at radius 1 is 1.50 bits per heavy atom. The summed E-state index contributed by atoms with van der Waals surface area (Å²) in [6.45, 7) is 0. The van der Waals surface area contributed by atoms with Gasteiger partial charge in [0, 0.05) is 6.08 Å². The predicted molar refractivity (Wildman–Crippen MR) is 46.7 cm³/mol. The number of aromatic carboxylic acids is 1. The molecule has 1 aromatic rings. The van der Waals surface area contributed by atoms with Gasteiger partial charge in [-0.25, -0.2) is 9.59 Å². The monoisotopic (exact) mass is 196 g/mol. The molecule has 0 aliphatic carbocycles. The van der Waals surface area contributed by atoms with Crippen molar-refractivity contribution in [2.75, 3.05) is 7.11 Å². The van der Waals surface area contributed by atoms with Gasteiger partial charge >= 0.3 is 11.9 Å². The van der Waals surface area contributed by atoms with Crippen LogP contribution in [0.5, 0.6) is 0 Å². The minimum atomic E-state index is -1.15. The molecule has 0 unspecified atom stereocenters. The highest BCUT2D eigenvalue weighted by Gasteiger charge is 2.06. The molecule has 0 aromatic carbocycles. The summed E-state index contributed by atoms with van der Waals surface area (Å²) in [4.78, 5) is 21.1. The minimum Gasteiger partial charge on any atom is -0.475 e. The SMILES string of the molecule is COC(=O)C=Cc1ccc(C(=O)O)o1. The van der Waals surface area contributed by atoms with E-state index < -0.39 is 11.9 Å². The number of ether oxygens (including phenoxy) is 1. The third-order valence-electron chi connectivity index (χ3n) is 1.42. The molecule has 0 amide bonds. The van der Waals surface area contributed by atoms with Crippen LogP contribution in [-0.2, 0) is 9.53 Å². The number of esters is 1. The molecule has 0 aliphatic heterocycles. The molecular formula is C9H8O5. The molecule has 0 radical (unpaired) electrons. The lowest BCUT2D eigenvalue weighted by molar-refractivity contribution is -0.134. The number of furan rings is 1. The topological polar surface area (TPSA) is 76.7 Å². The molecule has 5 nitrogen and oxygen atoms in total. The summed E-state index contributed by atoms with van der Waals surface area (Å²) in [6, 6.07) is 2.75. The Labute approximate surface area is 79.6 Å². The average molecular weight is 196 g/mol. The molecule has 1 aromatic heterocycles. The number of carbonyl (C=O) groups excluding carboxylic acids is 1. The Kier molecular flexibility index (Phi) is 3.06. The summed E-state index contributed by atoms with van der Waals surface area (Å²) in [7, 11) is 1.25. The van der Waals surface area contributed by atoms with Gasteiger partial charge in [0.2, 0.25) is 5.76 Å². The minimum absolute atomic E-state index is 0.172. The normalized spacial score (nSPS) is 10.4. The van der Waals surface area contributed by atoms with Crippen LogP contribution in [0.3, 0.4) is 0 Å². The number of carboxylic acid groups (broad SMARTS) is 1. The largest absolute Gasteiger partial charge is 0.475 e. The van der Waals surface area contributed by atoms with Crippen molar-refractivity contribution in [1.82, 2.24) is 0 Å². The molecule has 0 saturated carbocycles. The van der Waals surface area contributed by atoms with E-state index in [-0.39, 0.29) is 11.5 Å². The number of hydrogen-bond donors (Lipinski definition) is 1. The molecule has 0 spiro atoms. The Morgan fingerprint density at radius 2 is 2.21 bits per heavy atom. The molecule has 0 saturated heterocycles. The van der Waals surface area contributed by atoms with Crippen LogP contribution in [0.4, 0.5) is 0 Å². The summed E-state index contributed by atoms with van der Waals surface area (Å²) >= 11 is 0. The zero-order valence-corrected chi connectivity index (χ0v) is 7.39. The van der Waals surface area contributed by atoms with Crippen LogP contribution < -0.4 is 0 Å². The second-order valence-corrected chi connectivity index (χ2v) is 2.36. The molecule has 74 valence electrons. The van der Waals surface area contributed by atoms with E-state index >= 15 is 0 Å². The van der Waals surface area contributed by atoms with Crippen molar-refractivity contribution in [3.63, 3.8) is 0 Å². The van der Waals surface area contributed by atoms with Gasteiger partial charge < -0.3 is 14.3 Å². The lowest BCUT2D eigenvalue weighted by Gasteiger charge is -1.88. The van der Waals surface area contributed by atoms with Gasteiger partial charge in [0.25, 0.3) is 0 Å². The first-order valence-electron chi connectivity index (χ1n) is 3.72. The van der Waals surface area contributed by atoms with Crippen molar-refractivity contribution >= 4 is 18.0 Å². The number of carboxylic acids is 1. The van der Waals surface area contributed by atoms with E-state index in [0.717, 1.165) is 6.08 Å². The number of hydrogen-bond acceptors (Lipinski definition) is 4.